The molecule has 2 heterocycles. The number of imidazole rings is 1. The molecular formula is C28H33F3N6O6S. The van der Waals surface area contributed by atoms with E-state index in [0.29, 0.717) is 0 Å². The number of benzene rings is 2. The van der Waals surface area contributed by atoms with E-state index < -0.39 is 45.8 Å². The van der Waals surface area contributed by atoms with Crippen molar-refractivity contribution in [2.75, 3.05) is 37.4 Å². The lowest BCUT2D eigenvalue weighted by Crippen LogP contribution is -2.50. The maximum absolute atomic E-state index is 13.7. The van der Waals surface area contributed by atoms with E-state index in [1.165, 1.54) is 47.2 Å². The molecule has 0 saturated heterocycles. The van der Waals surface area contributed by atoms with Crippen LogP contribution in [0.25, 0.3) is 0 Å². The Hall–Kier alpha value is -4.15. The minimum absolute atomic E-state index is 0.0600. The molecule has 2 aromatic carbocycles. The molecule has 4 rings (SSSR count). The van der Waals surface area contributed by atoms with Crippen LogP contribution in [0.1, 0.15) is 29.8 Å². The Bertz CT molecular complexity index is 1610. The Morgan fingerprint density at radius 3 is 2.41 bits per heavy atom. The number of aryl methyl sites for hydroxylation is 1. The van der Waals surface area contributed by atoms with Crippen molar-refractivity contribution in [3.63, 3.8) is 0 Å². The largest absolute Gasteiger partial charge is 0.488 e. The summed E-state index contributed by atoms with van der Waals surface area (Å²) in [5.41, 5.74) is -0.504. The maximum Gasteiger partial charge on any atom is 0.416 e. The van der Waals surface area contributed by atoms with Gasteiger partial charge in [-0.25, -0.2) is 18.2 Å². The van der Waals surface area contributed by atoms with Crippen molar-refractivity contribution in [2.24, 2.45) is 13.0 Å². The number of rotatable bonds is 8. The van der Waals surface area contributed by atoms with Gasteiger partial charge in [0.1, 0.15) is 11.9 Å². The number of likely N-dealkylation sites (N-methyl/N-ethyl adjacent to an activating group) is 1. The second kappa shape index (κ2) is 12.8. The van der Waals surface area contributed by atoms with E-state index in [2.05, 4.69) is 15.6 Å². The van der Waals surface area contributed by atoms with Gasteiger partial charge in [0.15, 0.2) is 5.03 Å². The van der Waals surface area contributed by atoms with E-state index in [-0.39, 0.29) is 53.3 Å². The first kappa shape index (κ1) is 32.8. The first-order valence-electron chi connectivity index (χ1n) is 13.5. The van der Waals surface area contributed by atoms with Gasteiger partial charge in [-0.15, -0.1) is 0 Å². The van der Waals surface area contributed by atoms with E-state index in [1.54, 1.807) is 14.0 Å². The lowest BCUT2D eigenvalue weighted by atomic mass is 9.99. The van der Waals surface area contributed by atoms with Crippen molar-refractivity contribution >= 4 is 33.3 Å². The van der Waals surface area contributed by atoms with Crippen molar-refractivity contribution in [1.29, 1.82) is 0 Å². The van der Waals surface area contributed by atoms with Crippen molar-refractivity contribution in [3.8, 4) is 5.75 Å². The number of aromatic nitrogens is 2. The number of hydrogen-bond acceptors (Lipinski definition) is 7. The molecule has 12 nitrogen and oxygen atoms in total. The number of urea groups is 1. The number of halogens is 3. The fourth-order valence-electron chi connectivity index (χ4n) is 4.59. The number of fused-ring (bicyclic) bond motifs is 1. The van der Waals surface area contributed by atoms with Gasteiger partial charge < -0.3 is 29.9 Å². The summed E-state index contributed by atoms with van der Waals surface area (Å²) in [5.74, 6) is -0.707. The minimum Gasteiger partial charge on any atom is -0.488 e. The smallest absolute Gasteiger partial charge is 0.416 e. The fourth-order valence-corrected chi connectivity index (χ4v) is 5.73. The molecule has 0 spiro atoms. The van der Waals surface area contributed by atoms with Crippen LogP contribution in [0.15, 0.2) is 60.0 Å². The Kier molecular flexibility index (Phi) is 9.56. The third kappa shape index (κ3) is 7.31. The molecule has 3 amide bonds. The van der Waals surface area contributed by atoms with Gasteiger partial charge in [-0.05, 0) is 49.4 Å². The summed E-state index contributed by atoms with van der Waals surface area (Å²) < 4.78 is 73.6. The Balaban J connectivity index is 1.58. The van der Waals surface area contributed by atoms with Gasteiger partial charge in [-0.1, -0.05) is 6.92 Å². The van der Waals surface area contributed by atoms with Crippen LogP contribution >= 0.6 is 0 Å². The van der Waals surface area contributed by atoms with Gasteiger partial charge in [0.05, 0.1) is 36.6 Å². The predicted octanol–water partition coefficient (Wildman–Crippen LogP) is 3.62. The van der Waals surface area contributed by atoms with Crippen LogP contribution in [0.2, 0.25) is 0 Å². The van der Waals surface area contributed by atoms with Gasteiger partial charge in [-0.3, -0.25) is 4.79 Å². The number of alkyl halides is 3. The summed E-state index contributed by atoms with van der Waals surface area (Å²) >= 11 is 0. The van der Waals surface area contributed by atoms with Crippen molar-refractivity contribution in [2.45, 2.75) is 37.2 Å². The van der Waals surface area contributed by atoms with Crippen molar-refractivity contribution in [1.82, 2.24) is 18.8 Å². The molecule has 1 aliphatic rings. The molecule has 0 aliphatic carbocycles. The number of aliphatic hydroxyl groups excluding tert-OH is 1. The first-order chi connectivity index (χ1) is 20.6. The van der Waals surface area contributed by atoms with Gasteiger partial charge in [0.2, 0.25) is 0 Å². The number of nitrogens with zero attached hydrogens (tertiary/aromatic N) is 4. The normalized spacial score (nSPS) is 18.2. The summed E-state index contributed by atoms with van der Waals surface area (Å²) in [6.45, 7) is 3.20. The number of hydrogen-bond donors (Lipinski definition) is 3. The standard InChI is InChI=1S/C28H33F3N6O6S/c1-17-12-37(18(2)15-38)26(39)22-11-21(34-27(40)33-20-7-5-19(6-8-20)28(29,30)31)9-10-23(22)43-24(17)13-36(4)44(41,42)25-14-35(3)16-32-25/h5-11,14,16-18,24,38H,12-13,15H2,1-4H3,(H2,33,34,40)/t17-,18+,24-/m1/s1. The average molecular weight is 639 g/mol. The molecular weight excluding hydrogens is 605 g/mol. The van der Waals surface area contributed by atoms with Crippen LogP contribution in [0, 0.1) is 5.92 Å². The molecule has 1 aromatic heterocycles. The molecule has 3 atom stereocenters. The lowest BCUT2D eigenvalue weighted by molar-refractivity contribution is -0.137. The number of anilines is 2. The van der Waals surface area contributed by atoms with Crippen LogP contribution in [0.4, 0.5) is 29.3 Å². The third-order valence-corrected chi connectivity index (χ3v) is 8.89. The topological polar surface area (TPSA) is 146 Å². The van der Waals surface area contributed by atoms with Crippen LogP contribution in [-0.4, -0.2) is 83.1 Å². The summed E-state index contributed by atoms with van der Waals surface area (Å²) in [6, 6.07) is 6.85. The Morgan fingerprint density at radius 2 is 1.82 bits per heavy atom. The Labute approximate surface area is 252 Å². The summed E-state index contributed by atoms with van der Waals surface area (Å²) in [4.78, 5) is 31.7. The molecule has 0 fully saturated rings. The number of amides is 3. The van der Waals surface area contributed by atoms with Crippen LogP contribution in [0.5, 0.6) is 5.75 Å². The summed E-state index contributed by atoms with van der Waals surface area (Å²) in [6.07, 6.45) is -2.48. The third-order valence-electron chi connectivity index (χ3n) is 7.19. The number of carbonyl (C=O) groups is 2. The van der Waals surface area contributed by atoms with Crippen molar-refractivity contribution < 1.29 is 41.0 Å². The van der Waals surface area contributed by atoms with E-state index in [1.807, 2.05) is 6.92 Å². The Morgan fingerprint density at radius 1 is 1.18 bits per heavy atom. The molecule has 44 heavy (non-hydrogen) atoms. The zero-order valence-corrected chi connectivity index (χ0v) is 25.2. The van der Waals surface area contributed by atoms with E-state index in [4.69, 9.17) is 4.74 Å². The number of aliphatic hydroxyl groups is 1. The number of ether oxygens (including phenoxy) is 1. The minimum atomic E-state index is -4.52. The monoisotopic (exact) mass is 638 g/mol. The molecule has 3 aromatic rings. The van der Waals surface area contributed by atoms with Gasteiger partial charge in [0, 0.05) is 44.1 Å². The highest BCUT2D eigenvalue weighted by molar-refractivity contribution is 7.89. The van der Waals surface area contributed by atoms with Gasteiger partial charge in [0.25, 0.3) is 15.9 Å². The molecule has 0 unspecified atom stereocenters. The summed E-state index contributed by atoms with van der Waals surface area (Å²) in [7, 11) is -0.894. The zero-order chi connectivity index (χ0) is 32.4. The molecule has 238 valence electrons. The van der Waals surface area contributed by atoms with Gasteiger partial charge >= 0.3 is 12.2 Å². The number of nitrogens with one attached hydrogen (secondary N) is 2. The lowest BCUT2D eigenvalue weighted by Gasteiger charge is -2.38. The number of carbonyl (C=O) groups excluding carboxylic acids is 2. The van der Waals surface area contributed by atoms with E-state index in [9.17, 15) is 36.3 Å². The van der Waals surface area contributed by atoms with Crippen LogP contribution in [-0.2, 0) is 23.2 Å². The highest BCUT2D eigenvalue weighted by Gasteiger charge is 2.36. The van der Waals surface area contributed by atoms with E-state index in [0.717, 1.165) is 28.6 Å². The van der Waals surface area contributed by atoms with Gasteiger partial charge in [-0.2, -0.15) is 17.5 Å². The second-order valence-electron chi connectivity index (χ2n) is 10.7. The fraction of sp³-hybridized carbons (Fsp3) is 0.393. The predicted molar refractivity (Wildman–Crippen MR) is 155 cm³/mol. The molecule has 16 heteroatoms. The van der Waals surface area contributed by atoms with Crippen molar-refractivity contribution in [3.05, 3.63) is 66.1 Å². The maximum atomic E-state index is 13.7. The highest BCUT2D eigenvalue weighted by atomic mass is 32.2. The highest BCUT2D eigenvalue weighted by Crippen LogP contribution is 2.32. The van der Waals surface area contributed by atoms with Crippen LogP contribution < -0.4 is 15.4 Å². The first-order valence-corrected chi connectivity index (χ1v) is 15.0. The molecule has 0 radical (unpaired) electrons. The average Bonchev–Trinajstić information content (AvgIpc) is 3.41. The second-order valence-corrected chi connectivity index (χ2v) is 12.6. The zero-order valence-electron chi connectivity index (χ0n) is 24.4. The molecule has 0 bridgehead atoms. The molecule has 0 saturated carbocycles. The molecule has 1 aliphatic heterocycles. The summed E-state index contributed by atoms with van der Waals surface area (Å²) in [5, 5.41) is 14.7. The molecule has 3 N–H and O–H groups in total. The van der Waals surface area contributed by atoms with Crippen LogP contribution in [0.3, 0.4) is 0 Å². The van der Waals surface area contributed by atoms with E-state index >= 15 is 0 Å². The number of sulfonamides is 1. The SMILES string of the molecule is C[C@@H]1CN([C@@H](C)CO)C(=O)c2cc(NC(=O)Nc3ccc(C(F)(F)F)cc3)ccc2O[C@@H]1CN(C)S(=O)(=O)c1cn(C)cn1. The quantitative estimate of drug-likeness (QED) is 0.342.